The number of amides is 1. The molecule has 0 bridgehead atoms. The summed E-state index contributed by atoms with van der Waals surface area (Å²) in [7, 11) is 0. The van der Waals surface area contributed by atoms with Crippen molar-refractivity contribution >= 4 is 56.5 Å². The molecule has 0 saturated carbocycles. The van der Waals surface area contributed by atoms with Crippen LogP contribution in [-0.2, 0) is 10.5 Å². The number of benzene rings is 1. The van der Waals surface area contributed by atoms with Crippen molar-refractivity contribution in [1.82, 2.24) is 9.97 Å². The highest BCUT2D eigenvalue weighted by Crippen LogP contribution is 2.27. The summed E-state index contributed by atoms with van der Waals surface area (Å²) in [6.45, 7) is 5.73. The zero-order chi connectivity index (χ0) is 18.8. The van der Waals surface area contributed by atoms with E-state index in [1.165, 1.54) is 23.1 Å². The zero-order valence-corrected chi connectivity index (χ0v) is 16.9. The van der Waals surface area contributed by atoms with E-state index in [0.29, 0.717) is 27.7 Å². The van der Waals surface area contributed by atoms with Gasteiger partial charge in [-0.25, -0.2) is 4.98 Å². The van der Waals surface area contributed by atoms with Crippen LogP contribution < -0.4 is 10.9 Å². The third-order valence-corrected chi connectivity index (χ3v) is 6.64. The second-order valence-electron chi connectivity index (χ2n) is 5.90. The van der Waals surface area contributed by atoms with E-state index in [1.807, 2.05) is 32.9 Å². The average molecular weight is 408 g/mol. The number of aromatic amines is 1. The van der Waals surface area contributed by atoms with Gasteiger partial charge in [-0.15, -0.1) is 23.1 Å². The van der Waals surface area contributed by atoms with E-state index in [1.54, 1.807) is 12.1 Å². The molecule has 0 fully saturated rings. The molecular formula is C18H18ClN3O2S2. The molecule has 136 valence electrons. The molecule has 0 saturated heterocycles. The molecular weight excluding hydrogens is 390 g/mol. The minimum Gasteiger partial charge on any atom is -0.324 e. The molecule has 2 aromatic heterocycles. The highest BCUT2D eigenvalue weighted by Gasteiger charge is 2.17. The number of carbonyl (C=O) groups is 1. The molecule has 0 radical (unpaired) electrons. The summed E-state index contributed by atoms with van der Waals surface area (Å²) in [6.07, 6.45) is 0. The largest absolute Gasteiger partial charge is 0.324 e. The number of rotatable bonds is 5. The first-order valence-corrected chi connectivity index (χ1v) is 10.3. The van der Waals surface area contributed by atoms with Crippen molar-refractivity contribution in [1.29, 1.82) is 0 Å². The molecule has 5 nitrogen and oxygen atoms in total. The molecule has 0 aliphatic carbocycles. The van der Waals surface area contributed by atoms with Gasteiger partial charge in [-0.1, -0.05) is 23.7 Å². The van der Waals surface area contributed by atoms with Crippen molar-refractivity contribution in [2.45, 2.75) is 31.8 Å². The standard InChI is InChI=1S/C18H18ClN3O2S2/c1-9-10(2)26-18-15(9)17(24)21-14(22-18)8-25-11(3)16(23)20-13-7-5-4-6-12(13)19/h4-7,11H,8H2,1-3H3,(H,20,23)(H,21,22,24). The summed E-state index contributed by atoms with van der Waals surface area (Å²) in [5.74, 6) is 0.874. The number of para-hydroxylation sites is 1. The number of nitrogens with zero attached hydrogens (tertiary/aromatic N) is 1. The molecule has 0 aliphatic heterocycles. The Bertz CT molecular complexity index is 1030. The van der Waals surface area contributed by atoms with Gasteiger partial charge in [0.25, 0.3) is 5.56 Å². The van der Waals surface area contributed by atoms with E-state index in [0.717, 1.165) is 15.3 Å². The smallest absolute Gasteiger partial charge is 0.259 e. The second-order valence-corrected chi connectivity index (χ2v) is 8.84. The summed E-state index contributed by atoms with van der Waals surface area (Å²) in [5.41, 5.74) is 1.44. The normalized spacial score (nSPS) is 12.3. The fourth-order valence-corrected chi connectivity index (χ4v) is 4.43. The van der Waals surface area contributed by atoms with Crippen LogP contribution in [0.25, 0.3) is 10.2 Å². The lowest BCUT2D eigenvalue weighted by Crippen LogP contribution is -2.23. The fraction of sp³-hybridized carbons (Fsp3) is 0.278. The quantitative estimate of drug-likeness (QED) is 0.652. The Hall–Kier alpha value is -1.83. The third-order valence-electron chi connectivity index (χ3n) is 4.06. The number of anilines is 1. The molecule has 3 aromatic rings. The van der Waals surface area contributed by atoms with Crippen LogP contribution in [0.1, 0.15) is 23.2 Å². The first-order chi connectivity index (χ1) is 12.4. The fourth-order valence-electron chi connectivity index (χ4n) is 2.44. The van der Waals surface area contributed by atoms with Gasteiger partial charge in [-0.05, 0) is 38.5 Å². The minimum atomic E-state index is -0.320. The van der Waals surface area contributed by atoms with E-state index in [4.69, 9.17) is 11.6 Å². The molecule has 1 aromatic carbocycles. The molecule has 2 N–H and O–H groups in total. The number of thiophene rings is 1. The van der Waals surface area contributed by atoms with E-state index in [9.17, 15) is 9.59 Å². The summed E-state index contributed by atoms with van der Waals surface area (Å²) in [5, 5.41) is 3.65. The van der Waals surface area contributed by atoms with Gasteiger partial charge in [0.1, 0.15) is 10.7 Å². The Labute approximate surface area is 164 Å². The summed E-state index contributed by atoms with van der Waals surface area (Å²) in [6, 6.07) is 7.10. The number of hydrogen-bond acceptors (Lipinski definition) is 5. The van der Waals surface area contributed by atoms with E-state index < -0.39 is 0 Å². The van der Waals surface area contributed by atoms with Crippen LogP contribution in [0.4, 0.5) is 5.69 Å². The van der Waals surface area contributed by atoms with Crippen LogP contribution in [0.2, 0.25) is 5.02 Å². The van der Waals surface area contributed by atoms with Crippen LogP contribution in [0.5, 0.6) is 0 Å². The molecule has 3 rings (SSSR count). The number of halogens is 1. The van der Waals surface area contributed by atoms with Crippen LogP contribution in [0, 0.1) is 13.8 Å². The van der Waals surface area contributed by atoms with Gasteiger partial charge in [0.15, 0.2) is 0 Å². The van der Waals surface area contributed by atoms with Gasteiger partial charge < -0.3 is 10.3 Å². The molecule has 0 aliphatic rings. The average Bonchev–Trinajstić information content (AvgIpc) is 2.89. The number of thioether (sulfide) groups is 1. The topological polar surface area (TPSA) is 74.8 Å². The number of aromatic nitrogens is 2. The van der Waals surface area contributed by atoms with Crippen LogP contribution in [0.3, 0.4) is 0 Å². The lowest BCUT2D eigenvalue weighted by molar-refractivity contribution is -0.115. The molecule has 1 atom stereocenters. The SMILES string of the molecule is Cc1sc2nc(CSC(C)C(=O)Nc3ccccc3Cl)[nH]c(=O)c2c1C. The van der Waals surface area contributed by atoms with Crippen molar-refractivity contribution in [3.05, 3.63) is 55.9 Å². The molecule has 1 amide bonds. The van der Waals surface area contributed by atoms with Crippen molar-refractivity contribution in [3.63, 3.8) is 0 Å². The summed E-state index contributed by atoms with van der Waals surface area (Å²) < 4.78 is 0. The molecule has 2 heterocycles. The van der Waals surface area contributed by atoms with Gasteiger partial charge in [0, 0.05) is 4.88 Å². The van der Waals surface area contributed by atoms with Gasteiger partial charge in [-0.3, -0.25) is 9.59 Å². The maximum Gasteiger partial charge on any atom is 0.259 e. The van der Waals surface area contributed by atoms with Crippen LogP contribution in [0.15, 0.2) is 29.1 Å². The minimum absolute atomic E-state index is 0.124. The van der Waals surface area contributed by atoms with E-state index >= 15 is 0 Å². The Morgan fingerprint density at radius 1 is 1.38 bits per heavy atom. The molecule has 1 unspecified atom stereocenters. The van der Waals surface area contributed by atoms with Crippen molar-refractivity contribution in [2.75, 3.05) is 5.32 Å². The number of nitrogens with one attached hydrogen (secondary N) is 2. The maximum absolute atomic E-state index is 12.3. The van der Waals surface area contributed by atoms with Crippen molar-refractivity contribution < 1.29 is 4.79 Å². The maximum atomic E-state index is 12.3. The second kappa shape index (κ2) is 7.82. The van der Waals surface area contributed by atoms with E-state index in [-0.39, 0.29) is 16.7 Å². The van der Waals surface area contributed by atoms with Gasteiger partial charge in [0.2, 0.25) is 5.91 Å². The highest BCUT2D eigenvalue weighted by molar-refractivity contribution is 7.99. The number of carbonyl (C=O) groups excluding carboxylic acids is 1. The van der Waals surface area contributed by atoms with Gasteiger partial charge in [0.05, 0.1) is 27.1 Å². The van der Waals surface area contributed by atoms with Crippen molar-refractivity contribution in [2.24, 2.45) is 0 Å². The predicted octanol–water partition coefficient (Wildman–Crippen LogP) is 4.52. The monoisotopic (exact) mass is 407 g/mol. The Morgan fingerprint density at radius 3 is 2.85 bits per heavy atom. The zero-order valence-electron chi connectivity index (χ0n) is 14.6. The molecule has 8 heteroatoms. The van der Waals surface area contributed by atoms with Crippen molar-refractivity contribution in [3.8, 4) is 0 Å². The Balaban J connectivity index is 1.68. The lowest BCUT2D eigenvalue weighted by Gasteiger charge is -2.12. The number of H-pyrrole nitrogens is 1. The predicted molar refractivity (Wildman–Crippen MR) is 111 cm³/mol. The van der Waals surface area contributed by atoms with Gasteiger partial charge in [-0.2, -0.15) is 0 Å². The summed E-state index contributed by atoms with van der Waals surface area (Å²) >= 11 is 8.99. The third kappa shape index (κ3) is 3.95. The number of hydrogen-bond donors (Lipinski definition) is 2. The number of aryl methyl sites for hydroxylation is 2. The Kier molecular flexibility index (Phi) is 5.70. The molecule has 0 spiro atoms. The first-order valence-electron chi connectivity index (χ1n) is 8.02. The van der Waals surface area contributed by atoms with Crippen LogP contribution in [-0.4, -0.2) is 21.1 Å². The van der Waals surface area contributed by atoms with E-state index in [2.05, 4.69) is 15.3 Å². The summed E-state index contributed by atoms with van der Waals surface area (Å²) in [4.78, 5) is 33.8. The highest BCUT2D eigenvalue weighted by atomic mass is 35.5. The lowest BCUT2D eigenvalue weighted by atomic mass is 10.2. The Morgan fingerprint density at radius 2 is 2.12 bits per heavy atom. The number of fused-ring (bicyclic) bond motifs is 1. The van der Waals surface area contributed by atoms with Gasteiger partial charge >= 0.3 is 0 Å². The molecule has 26 heavy (non-hydrogen) atoms. The first kappa shape index (κ1) is 18.9. The van der Waals surface area contributed by atoms with Crippen LogP contribution >= 0.6 is 34.7 Å².